The van der Waals surface area contributed by atoms with Crippen LogP contribution in [0, 0.1) is 5.92 Å². The quantitative estimate of drug-likeness (QED) is 0.574. The highest BCUT2D eigenvalue weighted by molar-refractivity contribution is 6.45. The van der Waals surface area contributed by atoms with E-state index in [9.17, 15) is 14.7 Å². The number of hydrogen-bond acceptors (Lipinski definition) is 3. The van der Waals surface area contributed by atoms with E-state index in [0.717, 1.165) is 18.4 Å². The Morgan fingerprint density at radius 2 is 1.74 bits per heavy atom. The Hall–Kier alpha value is -1.95. The minimum atomic E-state index is -0.597. The molecule has 0 bridgehead atoms. The Bertz CT molecular complexity index is 870. The van der Waals surface area contributed by atoms with Gasteiger partial charge < -0.3 is 15.7 Å². The first-order valence-electron chi connectivity index (χ1n) is 8.36. The van der Waals surface area contributed by atoms with Crippen molar-refractivity contribution in [3.8, 4) is 5.75 Å². The first kappa shape index (κ1) is 19.8. The zero-order valence-corrected chi connectivity index (χ0v) is 16.6. The summed E-state index contributed by atoms with van der Waals surface area (Å²) in [7, 11) is 0. The van der Waals surface area contributed by atoms with Gasteiger partial charge in [0.25, 0.3) is 5.91 Å². The fourth-order valence-corrected chi connectivity index (χ4v) is 3.28. The minimum Gasteiger partial charge on any atom is -0.505 e. The van der Waals surface area contributed by atoms with Gasteiger partial charge in [0.2, 0.25) is 5.91 Å². The van der Waals surface area contributed by atoms with Crippen LogP contribution in [0.25, 0.3) is 0 Å². The molecule has 142 valence electrons. The molecule has 5 nitrogen and oxygen atoms in total. The summed E-state index contributed by atoms with van der Waals surface area (Å²) in [5.41, 5.74) is 1.35. The fourth-order valence-electron chi connectivity index (χ4n) is 2.59. The summed E-state index contributed by atoms with van der Waals surface area (Å²) in [5, 5.41) is 15.6. The first-order valence-corrected chi connectivity index (χ1v) is 9.49. The van der Waals surface area contributed by atoms with Gasteiger partial charge in [-0.3, -0.25) is 9.59 Å². The number of halogens is 3. The molecule has 0 radical (unpaired) electrons. The Labute approximate surface area is 171 Å². The maximum Gasteiger partial charge on any atom is 0.257 e. The maximum absolute atomic E-state index is 12.5. The van der Waals surface area contributed by atoms with E-state index in [2.05, 4.69) is 10.6 Å². The second kappa shape index (κ2) is 7.97. The number of rotatable bonds is 5. The van der Waals surface area contributed by atoms with Gasteiger partial charge in [0.05, 0.1) is 21.1 Å². The van der Waals surface area contributed by atoms with Gasteiger partial charge in [-0.2, -0.15) is 0 Å². The molecule has 1 saturated carbocycles. The fraction of sp³-hybridized carbons (Fsp3) is 0.263. The normalized spacial score (nSPS) is 14.5. The molecule has 2 aromatic rings. The smallest absolute Gasteiger partial charge is 0.257 e. The molecule has 1 unspecified atom stereocenters. The molecule has 0 spiro atoms. The summed E-state index contributed by atoms with van der Waals surface area (Å²) < 4.78 is 0. The van der Waals surface area contributed by atoms with E-state index in [0.29, 0.717) is 5.69 Å². The molecule has 0 saturated heterocycles. The van der Waals surface area contributed by atoms with Gasteiger partial charge in [-0.25, -0.2) is 0 Å². The largest absolute Gasteiger partial charge is 0.505 e. The molecule has 0 heterocycles. The van der Waals surface area contributed by atoms with Crippen LogP contribution in [0.3, 0.4) is 0 Å². The van der Waals surface area contributed by atoms with E-state index in [-0.39, 0.29) is 38.5 Å². The van der Waals surface area contributed by atoms with Crippen molar-refractivity contribution in [1.29, 1.82) is 0 Å². The van der Waals surface area contributed by atoms with Crippen molar-refractivity contribution in [2.75, 3.05) is 5.32 Å². The highest BCUT2D eigenvalue weighted by Gasteiger charge is 2.29. The van der Waals surface area contributed by atoms with Crippen LogP contribution < -0.4 is 10.6 Å². The van der Waals surface area contributed by atoms with Gasteiger partial charge in [0.1, 0.15) is 11.3 Å². The van der Waals surface area contributed by atoms with E-state index < -0.39 is 11.7 Å². The second-order valence-electron chi connectivity index (χ2n) is 6.46. The van der Waals surface area contributed by atoms with E-state index in [4.69, 9.17) is 34.8 Å². The number of benzene rings is 2. The summed E-state index contributed by atoms with van der Waals surface area (Å²) in [4.78, 5) is 24.3. The van der Waals surface area contributed by atoms with Crippen molar-refractivity contribution >= 4 is 52.3 Å². The third-order valence-electron chi connectivity index (χ3n) is 4.35. The van der Waals surface area contributed by atoms with Crippen LogP contribution in [0.2, 0.25) is 15.1 Å². The first-order chi connectivity index (χ1) is 12.8. The monoisotopic (exact) mass is 426 g/mol. The van der Waals surface area contributed by atoms with Gasteiger partial charge >= 0.3 is 0 Å². The van der Waals surface area contributed by atoms with Crippen molar-refractivity contribution in [2.45, 2.75) is 25.8 Å². The van der Waals surface area contributed by atoms with Crippen molar-refractivity contribution < 1.29 is 14.7 Å². The van der Waals surface area contributed by atoms with Gasteiger partial charge in [-0.1, -0.05) is 46.9 Å². The van der Waals surface area contributed by atoms with E-state index in [1.807, 2.05) is 0 Å². The van der Waals surface area contributed by atoms with Gasteiger partial charge in [-0.15, -0.1) is 0 Å². The minimum absolute atomic E-state index is 0.0343. The van der Waals surface area contributed by atoms with Crippen molar-refractivity contribution in [3.05, 3.63) is 56.5 Å². The predicted octanol–water partition coefficient (Wildman–Crippen LogP) is 5.19. The third-order valence-corrected chi connectivity index (χ3v) is 5.42. The molecule has 1 aliphatic carbocycles. The molecule has 1 aliphatic rings. The summed E-state index contributed by atoms with van der Waals surface area (Å²) in [5.74, 6) is -0.855. The number of carbonyl (C=O) groups excluding carboxylic acids is 2. The molecule has 2 amide bonds. The van der Waals surface area contributed by atoms with Crippen molar-refractivity contribution in [1.82, 2.24) is 5.32 Å². The molecule has 2 aromatic carbocycles. The van der Waals surface area contributed by atoms with Crippen LogP contribution in [0.4, 0.5) is 5.69 Å². The number of aromatic hydroxyl groups is 1. The predicted molar refractivity (Wildman–Crippen MR) is 107 cm³/mol. The highest BCUT2D eigenvalue weighted by Crippen LogP contribution is 2.38. The molecule has 3 N–H and O–H groups in total. The standard InChI is InChI=1S/C19H17Cl3N2O3/c1-9(10-4-6-12(7-5-10)24-18(26)11-2-3-11)23-19(27)15-16(22)13(20)8-14(21)17(15)25/h4-9,11,25H,2-3H2,1H3,(H,23,27)(H,24,26). The Morgan fingerprint density at radius 3 is 2.33 bits per heavy atom. The number of carbonyl (C=O) groups is 2. The molecule has 8 heteroatoms. The third kappa shape index (κ3) is 4.49. The Morgan fingerprint density at radius 1 is 1.11 bits per heavy atom. The summed E-state index contributed by atoms with van der Waals surface area (Å²) in [6, 6.07) is 8.06. The molecule has 3 rings (SSSR count). The van der Waals surface area contributed by atoms with Crippen molar-refractivity contribution in [3.63, 3.8) is 0 Å². The molecular weight excluding hydrogens is 411 g/mol. The number of phenolic OH excluding ortho intramolecular Hbond substituents is 1. The van der Waals surface area contributed by atoms with Crippen LogP contribution in [0.5, 0.6) is 5.75 Å². The topological polar surface area (TPSA) is 78.4 Å². The van der Waals surface area contributed by atoms with E-state index in [1.165, 1.54) is 6.07 Å². The number of anilines is 1. The average Bonchev–Trinajstić information content (AvgIpc) is 3.46. The molecular formula is C19H17Cl3N2O3. The molecule has 0 aromatic heterocycles. The highest BCUT2D eigenvalue weighted by atomic mass is 35.5. The van der Waals surface area contributed by atoms with Crippen LogP contribution in [0.15, 0.2) is 30.3 Å². The Balaban J connectivity index is 1.70. The molecule has 0 aliphatic heterocycles. The zero-order valence-electron chi connectivity index (χ0n) is 14.4. The lowest BCUT2D eigenvalue weighted by Crippen LogP contribution is -2.27. The summed E-state index contributed by atoms with van der Waals surface area (Å²) >= 11 is 17.8. The van der Waals surface area contributed by atoms with Gasteiger partial charge in [0.15, 0.2) is 0 Å². The number of amides is 2. The molecule has 27 heavy (non-hydrogen) atoms. The lowest BCUT2D eigenvalue weighted by Gasteiger charge is -2.17. The summed E-state index contributed by atoms with van der Waals surface area (Å²) in [6.45, 7) is 1.78. The van der Waals surface area contributed by atoms with Crippen LogP contribution >= 0.6 is 34.8 Å². The lowest BCUT2D eigenvalue weighted by atomic mass is 10.1. The van der Waals surface area contributed by atoms with Crippen molar-refractivity contribution in [2.24, 2.45) is 5.92 Å². The van der Waals surface area contributed by atoms with E-state index >= 15 is 0 Å². The van der Waals surface area contributed by atoms with Crippen LogP contribution in [-0.4, -0.2) is 16.9 Å². The number of phenols is 1. The summed E-state index contributed by atoms with van der Waals surface area (Å²) in [6.07, 6.45) is 1.88. The van der Waals surface area contributed by atoms with E-state index in [1.54, 1.807) is 31.2 Å². The van der Waals surface area contributed by atoms with Crippen LogP contribution in [-0.2, 0) is 4.79 Å². The SMILES string of the molecule is CC(NC(=O)c1c(O)c(Cl)cc(Cl)c1Cl)c1ccc(NC(=O)C2CC2)cc1. The maximum atomic E-state index is 12.5. The average molecular weight is 428 g/mol. The van der Waals surface area contributed by atoms with Gasteiger partial charge in [-0.05, 0) is 43.5 Å². The Kier molecular flexibility index (Phi) is 5.84. The number of hydrogen-bond donors (Lipinski definition) is 3. The molecule has 1 atom stereocenters. The van der Waals surface area contributed by atoms with Gasteiger partial charge in [0, 0.05) is 11.6 Å². The van der Waals surface area contributed by atoms with Crippen LogP contribution in [0.1, 0.15) is 41.7 Å². The second-order valence-corrected chi connectivity index (χ2v) is 7.65. The zero-order chi connectivity index (χ0) is 19.7. The molecule has 1 fully saturated rings. The number of nitrogens with one attached hydrogen (secondary N) is 2. The lowest BCUT2D eigenvalue weighted by molar-refractivity contribution is -0.117.